The van der Waals surface area contributed by atoms with Crippen molar-refractivity contribution < 1.29 is 4.39 Å². The second kappa shape index (κ2) is 4.29. The number of nitrogen functional groups attached to an aromatic ring is 1. The zero-order valence-electron chi connectivity index (χ0n) is 10.8. The van der Waals surface area contributed by atoms with E-state index in [0.29, 0.717) is 22.5 Å². The molecule has 1 heterocycles. The van der Waals surface area contributed by atoms with Crippen LogP contribution in [0.4, 0.5) is 10.1 Å². The normalized spacial score (nSPS) is 16.5. The molecule has 0 radical (unpaired) electrons. The third kappa shape index (κ3) is 2.18. The standard InChI is InChI=1S/C13H16FN5/c1-2-13(5-6-13)8-19-12(16-17-18-19)10-4-3-9(15)7-11(10)14/h3-4,7H,2,5-6,8,15H2,1H3. The first-order chi connectivity index (χ1) is 9.13. The van der Waals surface area contributed by atoms with E-state index in [1.165, 1.54) is 18.9 Å². The predicted molar refractivity (Wildman–Crippen MR) is 69.6 cm³/mol. The molecular weight excluding hydrogens is 245 g/mol. The number of tetrazole rings is 1. The highest BCUT2D eigenvalue weighted by molar-refractivity contribution is 5.59. The first kappa shape index (κ1) is 12.1. The van der Waals surface area contributed by atoms with E-state index >= 15 is 0 Å². The molecule has 0 atom stereocenters. The van der Waals surface area contributed by atoms with Crippen molar-refractivity contribution in [3.8, 4) is 11.4 Å². The highest BCUT2D eigenvalue weighted by Gasteiger charge is 2.41. The zero-order chi connectivity index (χ0) is 13.5. The maximum Gasteiger partial charge on any atom is 0.184 e. The van der Waals surface area contributed by atoms with Crippen molar-refractivity contribution in [2.45, 2.75) is 32.7 Å². The highest BCUT2D eigenvalue weighted by atomic mass is 19.1. The summed E-state index contributed by atoms with van der Waals surface area (Å²) in [5.41, 5.74) is 6.64. The van der Waals surface area contributed by atoms with Gasteiger partial charge in [0, 0.05) is 5.69 Å². The summed E-state index contributed by atoms with van der Waals surface area (Å²) >= 11 is 0. The van der Waals surface area contributed by atoms with Crippen LogP contribution < -0.4 is 5.73 Å². The van der Waals surface area contributed by atoms with Gasteiger partial charge in [0.2, 0.25) is 0 Å². The minimum Gasteiger partial charge on any atom is -0.399 e. The topological polar surface area (TPSA) is 69.6 Å². The Morgan fingerprint density at radius 2 is 2.21 bits per heavy atom. The molecule has 3 rings (SSSR count). The number of halogens is 1. The number of rotatable bonds is 4. The van der Waals surface area contributed by atoms with Crippen LogP contribution in [0.25, 0.3) is 11.4 Å². The summed E-state index contributed by atoms with van der Waals surface area (Å²) in [6, 6.07) is 4.57. The summed E-state index contributed by atoms with van der Waals surface area (Å²) < 4.78 is 15.6. The monoisotopic (exact) mass is 261 g/mol. The number of benzene rings is 1. The van der Waals surface area contributed by atoms with Gasteiger partial charge in [-0.05, 0) is 53.3 Å². The van der Waals surface area contributed by atoms with Gasteiger partial charge >= 0.3 is 0 Å². The molecule has 100 valence electrons. The van der Waals surface area contributed by atoms with Gasteiger partial charge in [0.25, 0.3) is 0 Å². The molecule has 0 spiro atoms. The summed E-state index contributed by atoms with van der Waals surface area (Å²) in [5.74, 6) is 0.0784. The molecule has 1 aliphatic rings. The Balaban J connectivity index is 1.95. The minimum atomic E-state index is -0.391. The lowest BCUT2D eigenvalue weighted by Crippen LogP contribution is -2.13. The van der Waals surface area contributed by atoms with Crippen LogP contribution in [0.5, 0.6) is 0 Å². The van der Waals surface area contributed by atoms with Crippen molar-refractivity contribution in [1.82, 2.24) is 20.2 Å². The van der Waals surface area contributed by atoms with Gasteiger partial charge in [-0.2, -0.15) is 0 Å². The van der Waals surface area contributed by atoms with Gasteiger partial charge in [-0.25, -0.2) is 9.07 Å². The van der Waals surface area contributed by atoms with E-state index in [0.717, 1.165) is 13.0 Å². The SMILES string of the molecule is CCC1(Cn2nnnc2-c2ccc(N)cc2F)CC1. The van der Waals surface area contributed by atoms with E-state index in [1.54, 1.807) is 16.8 Å². The van der Waals surface area contributed by atoms with Crippen molar-refractivity contribution in [1.29, 1.82) is 0 Å². The Kier molecular flexibility index (Phi) is 2.73. The van der Waals surface area contributed by atoms with Crippen LogP contribution in [0.15, 0.2) is 18.2 Å². The molecular formula is C13H16FN5. The fourth-order valence-electron chi connectivity index (χ4n) is 2.33. The van der Waals surface area contributed by atoms with Gasteiger partial charge in [0.05, 0.1) is 12.1 Å². The van der Waals surface area contributed by atoms with Crippen LogP contribution in [0.1, 0.15) is 26.2 Å². The van der Waals surface area contributed by atoms with Crippen LogP contribution >= 0.6 is 0 Å². The van der Waals surface area contributed by atoms with Crippen molar-refractivity contribution in [3.63, 3.8) is 0 Å². The molecule has 1 aromatic heterocycles. The lowest BCUT2D eigenvalue weighted by molar-refractivity contribution is 0.382. The van der Waals surface area contributed by atoms with Gasteiger partial charge in [-0.3, -0.25) is 0 Å². The Labute approximate surface area is 110 Å². The van der Waals surface area contributed by atoms with Crippen molar-refractivity contribution in [2.24, 2.45) is 5.41 Å². The number of nitrogens with two attached hydrogens (primary N) is 1. The number of hydrogen-bond donors (Lipinski definition) is 1. The average Bonchev–Trinajstić information content (AvgIpc) is 3.01. The molecule has 2 aromatic rings. The molecule has 19 heavy (non-hydrogen) atoms. The smallest absolute Gasteiger partial charge is 0.184 e. The van der Waals surface area contributed by atoms with Crippen molar-refractivity contribution in [3.05, 3.63) is 24.0 Å². The first-order valence-corrected chi connectivity index (χ1v) is 6.45. The van der Waals surface area contributed by atoms with E-state index in [4.69, 9.17) is 5.73 Å². The Bertz CT molecular complexity index is 603. The van der Waals surface area contributed by atoms with Gasteiger partial charge in [-0.15, -0.1) is 5.10 Å². The fourth-order valence-corrected chi connectivity index (χ4v) is 2.33. The van der Waals surface area contributed by atoms with Crippen LogP contribution in [0.2, 0.25) is 0 Å². The number of aromatic nitrogens is 4. The second-order valence-electron chi connectivity index (χ2n) is 5.25. The van der Waals surface area contributed by atoms with E-state index < -0.39 is 5.82 Å². The number of hydrogen-bond acceptors (Lipinski definition) is 4. The van der Waals surface area contributed by atoms with Crippen molar-refractivity contribution >= 4 is 5.69 Å². The van der Waals surface area contributed by atoms with E-state index in [-0.39, 0.29) is 0 Å². The average molecular weight is 261 g/mol. The van der Waals surface area contributed by atoms with E-state index in [9.17, 15) is 4.39 Å². The van der Waals surface area contributed by atoms with Crippen LogP contribution in [0, 0.1) is 11.2 Å². The molecule has 1 fully saturated rings. The predicted octanol–water partition coefficient (Wildman–Crippen LogP) is 2.25. The largest absolute Gasteiger partial charge is 0.399 e. The maximum atomic E-state index is 13.9. The maximum absolute atomic E-state index is 13.9. The molecule has 1 aliphatic carbocycles. The molecule has 6 heteroatoms. The van der Waals surface area contributed by atoms with Gasteiger partial charge < -0.3 is 5.73 Å². The third-order valence-electron chi connectivity index (χ3n) is 3.96. The third-order valence-corrected chi connectivity index (χ3v) is 3.96. The second-order valence-corrected chi connectivity index (χ2v) is 5.25. The van der Waals surface area contributed by atoms with Crippen LogP contribution in [0.3, 0.4) is 0 Å². The molecule has 1 saturated carbocycles. The lowest BCUT2D eigenvalue weighted by Gasteiger charge is -2.13. The highest BCUT2D eigenvalue weighted by Crippen LogP contribution is 2.50. The van der Waals surface area contributed by atoms with Gasteiger partial charge in [0.1, 0.15) is 5.82 Å². The summed E-state index contributed by atoms with van der Waals surface area (Å²) in [5, 5.41) is 11.6. The summed E-state index contributed by atoms with van der Waals surface area (Å²) in [7, 11) is 0. The molecule has 0 amide bonds. The van der Waals surface area contributed by atoms with Crippen LogP contribution in [-0.2, 0) is 6.54 Å². The molecule has 1 aromatic carbocycles. The summed E-state index contributed by atoms with van der Waals surface area (Å²) in [6.45, 7) is 2.91. The molecule has 5 nitrogen and oxygen atoms in total. The lowest BCUT2D eigenvalue weighted by atomic mass is 10.0. The molecule has 0 bridgehead atoms. The summed E-state index contributed by atoms with van der Waals surface area (Å²) in [6.07, 6.45) is 3.47. The Morgan fingerprint density at radius 1 is 1.42 bits per heavy atom. The molecule has 0 aliphatic heterocycles. The van der Waals surface area contributed by atoms with Crippen molar-refractivity contribution in [2.75, 3.05) is 5.73 Å². The Morgan fingerprint density at radius 3 is 2.84 bits per heavy atom. The number of nitrogens with zero attached hydrogens (tertiary/aromatic N) is 4. The fraction of sp³-hybridized carbons (Fsp3) is 0.462. The van der Waals surface area contributed by atoms with E-state index in [1.807, 2.05) is 0 Å². The number of anilines is 1. The molecule has 0 unspecified atom stereocenters. The quantitative estimate of drug-likeness (QED) is 0.857. The van der Waals surface area contributed by atoms with Gasteiger partial charge in [0.15, 0.2) is 5.82 Å². The van der Waals surface area contributed by atoms with Gasteiger partial charge in [-0.1, -0.05) is 6.92 Å². The van der Waals surface area contributed by atoms with E-state index in [2.05, 4.69) is 22.4 Å². The minimum absolute atomic E-state index is 0.300. The van der Waals surface area contributed by atoms with Crippen LogP contribution in [-0.4, -0.2) is 20.2 Å². The molecule has 2 N–H and O–H groups in total. The Hall–Kier alpha value is -1.98. The zero-order valence-corrected chi connectivity index (χ0v) is 10.8. The summed E-state index contributed by atoms with van der Waals surface area (Å²) in [4.78, 5) is 0. The first-order valence-electron chi connectivity index (χ1n) is 6.45. The molecule has 0 saturated heterocycles.